The highest BCUT2D eigenvalue weighted by Gasteiger charge is 2.16. The first kappa shape index (κ1) is 12.3. The van der Waals surface area contributed by atoms with Crippen LogP contribution in [0, 0.1) is 0 Å². The van der Waals surface area contributed by atoms with E-state index in [2.05, 4.69) is 37.0 Å². The molecule has 1 atom stereocenters. The molecule has 0 fully saturated rings. The SMILES string of the molecule is Cn1ccc(CC(O)c2cc(Br)sc2Br)n1. The van der Waals surface area contributed by atoms with E-state index in [0.29, 0.717) is 6.42 Å². The van der Waals surface area contributed by atoms with Gasteiger partial charge in [-0.25, -0.2) is 0 Å². The smallest absolute Gasteiger partial charge is 0.0865 e. The Morgan fingerprint density at radius 2 is 2.31 bits per heavy atom. The minimum absolute atomic E-state index is 0.521. The van der Waals surface area contributed by atoms with Crippen molar-refractivity contribution in [2.75, 3.05) is 0 Å². The van der Waals surface area contributed by atoms with Crippen LogP contribution in [0.5, 0.6) is 0 Å². The van der Waals surface area contributed by atoms with E-state index < -0.39 is 6.10 Å². The number of aliphatic hydroxyl groups excluding tert-OH is 1. The summed E-state index contributed by atoms with van der Waals surface area (Å²) >= 11 is 8.40. The summed E-state index contributed by atoms with van der Waals surface area (Å²) in [6.45, 7) is 0. The van der Waals surface area contributed by atoms with Crippen molar-refractivity contribution in [2.24, 2.45) is 7.05 Å². The molecule has 3 nitrogen and oxygen atoms in total. The molecule has 0 spiro atoms. The monoisotopic (exact) mass is 364 g/mol. The summed E-state index contributed by atoms with van der Waals surface area (Å²) in [5.74, 6) is 0. The Bertz CT molecular complexity index is 495. The first-order valence-corrected chi connectivity index (χ1v) is 7.08. The van der Waals surface area contributed by atoms with Crippen molar-refractivity contribution in [2.45, 2.75) is 12.5 Å². The normalized spacial score (nSPS) is 13.0. The van der Waals surface area contributed by atoms with Gasteiger partial charge in [-0.2, -0.15) is 5.10 Å². The quantitative estimate of drug-likeness (QED) is 0.906. The third-order valence-corrected chi connectivity index (χ3v) is 4.60. The molecule has 0 aliphatic heterocycles. The zero-order valence-electron chi connectivity index (χ0n) is 8.52. The van der Waals surface area contributed by atoms with Gasteiger partial charge in [0, 0.05) is 25.2 Å². The van der Waals surface area contributed by atoms with Crippen LogP contribution in [-0.2, 0) is 13.5 Å². The molecule has 2 aromatic rings. The van der Waals surface area contributed by atoms with Gasteiger partial charge in [0.15, 0.2) is 0 Å². The molecule has 0 radical (unpaired) electrons. The van der Waals surface area contributed by atoms with Crippen LogP contribution in [0.1, 0.15) is 17.4 Å². The predicted molar refractivity (Wildman–Crippen MR) is 71.6 cm³/mol. The van der Waals surface area contributed by atoms with Gasteiger partial charge in [-0.05, 0) is 44.0 Å². The lowest BCUT2D eigenvalue weighted by molar-refractivity contribution is 0.177. The lowest BCUT2D eigenvalue weighted by atomic mass is 10.1. The number of halogens is 2. The predicted octanol–water partition coefficient (Wildman–Crippen LogP) is 3.28. The summed E-state index contributed by atoms with van der Waals surface area (Å²) in [7, 11) is 1.87. The maximum Gasteiger partial charge on any atom is 0.0865 e. The number of thiophene rings is 1. The van der Waals surface area contributed by atoms with E-state index in [1.165, 1.54) is 0 Å². The second kappa shape index (κ2) is 5.00. The number of hydrogen-bond acceptors (Lipinski definition) is 3. The Hall–Kier alpha value is -0.170. The van der Waals surface area contributed by atoms with Crippen LogP contribution in [0.3, 0.4) is 0 Å². The number of nitrogens with zero attached hydrogens (tertiary/aromatic N) is 2. The minimum Gasteiger partial charge on any atom is -0.388 e. The van der Waals surface area contributed by atoms with Crippen LogP contribution >= 0.6 is 43.2 Å². The Balaban J connectivity index is 2.14. The molecule has 0 aliphatic rings. The molecule has 2 aromatic heterocycles. The van der Waals surface area contributed by atoms with Gasteiger partial charge in [-0.3, -0.25) is 4.68 Å². The number of aromatic nitrogens is 2. The summed E-state index contributed by atoms with van der Waals surface area (Å²) in [5.41, 5.74) is 1.80. The Labute approximate surface area is 114 Å². The van der Waals surface area contributed by atoms with Crippen molar-refractivity contribution in [1.29, 1.82) is 0 Å². The Morgan fingerprint density at radius 1 is 1.56 bits per heavy atom. The molecule has 0 aromatic carbocycles. The van der Waals surface area contributed by atoms with E-state index in [0.717, 1.165) is 18.8 Å². The summed E-state index contributed by atoms with van der Waals surface area (Å²) < 4.78 is 3.71. The molecule has 2 heterocycles. The fourth-order valence-corrected chi connectivity index (χ4v) is 4.42. The van der Waals surface area contributed by atoms with E-state index in [4.69, 9.17) is 0 Å². The van der Waals surface area contributed by atoms with Gasteiger partial charge in [0.25, 0.3) is 0 Å². The average Bonchev–Trinajstić information content (AvgIpc) is 2.73. The Kier molecular flexibility index (Phi) is 3.84. The minimum atomic E-state index is -0.521. The zero-order valence-corrected chi connectivity index (χ0v) is 12.5. The maximum absolute atomic E-state index is 10.1. The summed E-state index contributed by atoms with van der Waals surface area (Å²) in [6, 6.07) is 3.85. The molecule has 0 saturated carbocycles. The van der Waals surface area contributed by atoms with E-state index in [1.807, 2.05) is 25.4 Å². The van der Waals surface area contributed by atoms with Crippen molar-refractivity contribution >= 4 is 43.2 Å². The second-order valence-corrected chi connectivity index (χ2v) is 7.23. The van der Waals surface area contributed by atoms with Crippen molar-refractivity contribution in [3.63, 3.8) is 0 Å². The van der Waals surface area contributed by atoms with Gasteiger partial charge >= 0.3 is 0 Å². The summed E-state index contributed by atoms with van der Waals surface area (Å²) in [4.78, 5) is 0. The lowest BCUT2D eigenvalue weighted by Gasteiger charge is -2.07. The van der Waals surface area contributed by atoms with Gasteiger partial charge in [0.1, 0.15) is 0 Å². The number of aliphatic hydroxyl groups is 1. The zero-order chi connectivity index (χ0) is 11.7. The third kappa shape index (κ3) is 2.74. The van der Waals surface area contributed by atoms with Gasteiger partial charge in [0.05, 0.1) is 19.4 Å². The average molecular weight is 366 g/mol. The molecule has 1 N–H and O–H groups in total. The molecular formula is C10H10Br2N2OS. The van der Waals surface area contributed by atoms with Crippen LogP contribution in [0.2, 0.25) is 0 Å². The van der Waals surface area contributed by atoms with E-state index in [9.17, 15) is 5.11 Å². The summed E-state index contributed by atoms with van der Waals surface area (Å²) in [6.07, 6.45) is 1.88. The van der Waals surface area contributed by atoms with Crippen molar-refractivity contribution in [3.8, 4) is 0 Å². The first-order chi connectivity index (χ1) is 7.56. The van der Waals surface area contributed by atoms with Gasteiger partial charge in [-0.15, -0.1) is 11.3 Å². The molecule has 86 valence electrons. The van der Waals surface area contributed by atoms with Crippen LogP contribution in [0.4, 0.5) is 0 Å². The lowest BCUT2D eigenvalue weighted by Crippen LogP contribution is -2.02. The van der Waals surface area contributed by atoms with E-state index in [1.54, 1.807) is 16.0 Å². The third-order valence-electron chi connectivity index (χ3n) is 2.21. The number of hydrogen-bond donors (Lipinski definition) is 1. The van der Waals surface area contributed by atoms with Gasteiger partial charge in [0.2, 0.25) is 0 Å². The largest absolute Gasteiger partial charge is 0.388 e. The molecule has 0 saturated heterocycles. The molecule has 16 heavy (non-hydrogen) atoms. The summed E-state index contributed by atoms with van der Waals surface area (Å²) in [5, 5.41) is 14.3. The highest BCUT2D eigenvalue weighted by atomic mass is 79.9. The molecule has 6 heteroatoms. The highest BCUT2D eigenvalue weighted by molar-refractivity contribution is 9.12. The van der Waals surface area contributed by atoms with Crippen molar-refractivity contribution in [1.82, 2.24) is 9.78 Å². The number of rotatable bonds is 3. The van der Waals surface area contributed by atoms with E-state index >= 15 is 0 Å². The van der Waals surface area contributed by atoms with Crippen molar-refractivity contribution < 1.29 is 5.11 Å². The maximum atomic E-state index is 10.1. The van der Waals surface area contributed by atoms with Crippen molar-refractivity contribution in [3.05, 3.63) is 37.2 Å². The first-order valence-electron chi connectivity index (χ1n) is 4.67. The molecule has 0 amide bonds. The van der Waals surface area contributed by atoms with Crippen LogP contribution in [0.15, 0.2) is 25.9 Å². The Morgan fingerprint density at radius 3 is 2.81 bits per heavy atom. The second-order valence-electron chi connectivity index (χ2n) is 3.48. The number of aryl methyl sites for hydroxylation is 1. The standard InChI is InChI=1S/C10H10Br2N2OS/c1-14-3-2-6(13-14)4-8(15)7-5-9(11)16-10(7)12/h2-3,5,8,15H,4H2,1H3. The van der Waals surface area contributed by atoms with Crippen LogP contribution in [0.25, 0.3) is 0 Å². The fourth-order valence-electron chi connectivity index (χ4n) is 1.46. The topological polar surface area (TPSA) is 38.0 Å². The highest BCUT2D eigenvalue weighted by Crippen LogP contribution is 2.36. The van der Waals surface area contributed by atoms with Crippen LogP contribution < -0.4 is 0 Å². The molecule has 0 aliphatic carbocycles. The molecular weight excluding hydrogens is 356 g/mol. The molecule has 1 unspecified atom stereocenters. The molecule has 2 rings (SSSR count). The van der Waals surface area contributed by atoms with Gasteiger partial charge < -0.3 is 5.11 Å². The fraction of sp³-hybridized carbons (Fsp3) is 0.300. The van der Waals surface area contributed by atoms with E-state index in [-0.39, 0.29) is 0 Å². The van der Waals surface area contributed by atoms with Gasteiger partial charge in [-0.1, -0.05) is 0 Å². The molecule has 0 bridgehead atoms. The van der Waals surface area contributed by atoms with Crippen LogP contribution in [-0.4, -0.2) is 14.9 Å².